The zero-order valence-corrected chi connectivity index (χ0v) is 23.2. The summed E-state index contributed by atoms with van der Waals surface area (Å²) in [7, 11) is 0. The first-order valence-corrected chi connectivity index (χ1v) is 13.7. The van der Waals surface area contributed by atoms with E-state index in [-0.39, 0.29) is 18.0 Å². The Hall–Kier alpha value is -1.98. The van der Waals surface area contributed by atoms with Crippen molar-refractivity contribution in [2.45, 2.75) is 131 Å². The summed E-state index contributed by atoms with van der Waals surface area (Å²) in [5.41, 5.74) is 2.67. The largest absolute Gasteiger partial charge is 0.507 e. The average molecular weight is 492 g/mol. The van der Waals surface area contributed by atoms with Crippen LogP contribution in [0.2, 0.25) is 0 Å². The molecule has 0 amide bonds. The van der Waals surface area contributed by atoms with Crippen molar-refractivity contribution in [3.05, 3.63) is 32.4 Å². The van der Waals surface area contributed by atoms with Gasteiger partial charge < -0.3 is 14.7 Å². The molecule has 35 heavy (non-hydrogen) atoms. The number of rotatable bonds is 15. The van der Waals surface area contributed by atoms with E-state index in [1.165, 1.54) is 44.9 Å². The van der Waals surface area contributed by atoms with Crippen LogP contribution < -0.4 is 4.74 Å². The van der Waals surface area contributed by atoms with Crippen LogP contribution in [0, 0.1) is 41.7 Å². The first-order valence-electron chi connectivity index (χ1n) is 13.7. The summed E-state index contributed by atoms with van der Waals surface area (Å²) in [5.74, 6) is 3.23. The molecular weight excluding hydrogens is 442 g/mol. The Balaban J connectivity index is 1.85. The van der Waals surface area contributed by atoms with Crippen molar-refractivity contribution in [3.8, 4) is 11.5 Å². The third-order valence-corrected chi connectivity index (χ3v) is 8.02. The van der Waals surface area contributed by atoms with Crippen molar-refractivity contribution in [1.29, 1.82) is 0 Å². The van der Waals surface area contributed by atoms with Crippen LogP contribution >= 0.6 is 0 Å². The van der Waals surface area contributed by atoms with Gasteiger partial charge in [0.05, 0.1) is 0 Å². The standard InChI is InChI=1S/C29H49NO5/c1-20(2)11-8-12-21(3)13-9-14-22(4)15-10-17-29(7)18-16-25-26(19-34-30(32)33)27(31)23(5)24(6)28(25)35-29/h20-22,31H,8-19H2,1-7H3. The molecule has 0 spiro atoms. The van der Waals surface area contributed by atoms with Crippen LogP contribution in [0.1, 0.15) is 121 Å². The second kappa shape index (κ2) is 13.4. The van der Waals surface area contributed by atoms with Gasteiger partial charge in [-0.3, -0.25) is 0 Å². The van der Waals surface area contributed by atoms with E-state index in [9.17, 15) is 15.2 Å². The molecule has 1 aliphatic rings. The van der Waals surface area contributed by atoms with Gasteiger partial charge in [-0.1, -0.05) is 72.6 Å². The molecule has 0 bridgehead atoms. The number of phenolic OH excluding ortho intramolecular Hbond substituents is 1. The number of nitrogens with zero attached hydrogens (tertiary/aromatic N) is 1. The van der Waals surface area contributed by atoms with Crippen LogP contribution in [0.3, 0.4) is 0 Å². The molecule has 1 aromatic carbocycles. The molecule has 1 aromatic rings. The SMILES string of the molecule is Cc1c(C)c2c(c(CO[N+](=O)[O-])c1O)CCC(C)(CCCC(C)CCCC(C)CCCC(C)C)O2. The fraction of sp³-hybridized carbons (Fsp3) is 0.793. The normalized spacial score (nSPS) is 19.2. The van der Waals surface area contributed by atoms with Gasteiger partial charge in [-0.25, -0.2) is 0 Å². The van der Waals surface area contributed by atoms with Crippen LogP contribution in [0.5, 0.6) is 11.5 Å². The molecule has 6 heteroatoms. The first-order chi connectivity index (χ1) is 16.4. The zero-order valence-electron chi connectivity index (χ0n) is 23.2. The minimum absolute atomic E-state index is 0.0818. The fourth-order valence-corrected chi connectivity index (χ4v) is 5.42. The van der Waals surface area contributed by atoms with Gasteiger partial charge in [-0.05, 0) is 75.3 Å². The van der Waals surface area contributed by atoms with Crippen LogP contribution in [-0.2, 0) is 17.9 Å². The van der Waals surface area contributed by atoms with Gasteiger partial charge >= 0.3 is 0 Å². The highest BCUT2D eigenvalue weighted by Gasteiger charge is 2.35. The third kappa shape index (κ3) is 8.88. The van der Waals surface area contributed by atoms with E-state index < -0.39 is 5.09 Å². The Labute approximate surface area is 212 Å². The van der Waals surface area contributed by atoms with E-state index >= 15 is 0 Å². The Morgan fingerprint density at radius 2 is 1.57 bits per heavy atom. The average Bonchev–Trinajstić information content (AvgIpc) is 2.77. The van der Waals surface area contributed by atoms with E-state index in [0.717, 1.165) is 60.3 Å². The summed E-state index contributed by atoms with van der Waals surface area (Å²) in [6, 6.07) is 0. The van der Waals surface area contributed by atoms with Crippen molar-refractivity contribution in [1.82, 2.24) is 0 Å². The van der Waals surface area contributed by atoms with E-state index in [1.54, 1.807) is 0 Å². The van der Waals surface area contributed by atoms with Gasteiger partial charge in [0.2, 0.25) is 0 Å². The molecule has 1 N–H and O–H groups in total. The lowest BCUT2D eigenvalue weighted by molar-refractivity contribution is -0.763. The Morgan fingerprint density at radius 3 is 2.14 bits per heavy atom. The quantitative estimate of drug-likeness (QED) is 0.197. The lowest BCUT2D eigenvalue weighted by atomic mass is 9.83. The van der Waals surface area contributed by atoms with E-state index in [0.29, 0.717) is 11.1 Å². The molecule has 3 unspecified atom stereocenters. The molecule has 6 nitrogen and oxygen atoms in total. The van der Waals surface area contributed by atoms with Crippen molar-refractivity contribution < 1.29 is 19.8 Å². The number of aromatic hydroxyl groups is 1. The van der Waals surface area contributed by atoms with Crippen LogP contribution in [0.25, 0.3) is 0 Å². The highest BCUT2D eigenvalue weighted by molar-refractivity contribution is 5.58. The van der Waals surface area contributed by atoms with Gasteiger partial charge in [0.25, 0.3) is 5.09 Å². The number of phenols is 1. The van der Waals surface area contributed by atoms with Crippen molar-refractivity contribution in [3.63, 3.8) is 0 Å². The third-order valence-electron chi connectivity index (χ3n) is 8.02. The summed E-state index contributed by atoms with van der Waals surface area (Å²) >= 11 is 0. The minimum Gasteiger partial charge on any atom is -0.507 e. The molecule has 0 aliphatic carbocycles. The fourth-order valence-electron chi connectivity index (χ4n) is 5.42. The highest BCUT2D eigenvalue weighted by atomic mass is 16.9. The molecule has 3 atom stereocenters. The summed E-state index contributed by atoms with van der Waals surface area (Å²) < 4.78 is 6.55. The van der Waals surface area contributed by atoms with Gasteiger partial charge in [0.15, 0.2) is 0 Å². The lowest BCUT2D eigenvalue weighted by Crippen LogP contribution is -2.37. The van der Waals surface area contributed by atoms with Gasteiger partial charge in [0, 0.05) is 11.1 Å². The van der Waals surface area contributed by atoms with E-state index in [2.05, 4.69) is 39.5 Å². The molecule has 2 rings (SSSR count). The highest BCUT2D eigenvalue weighted by Crippen LogP contribution is 2.45. The molecule has 0 saturated carbocycles. The maximum absolute atomic E-state index is 10.7. The smallest absolute Gasteiger partial charge is 0.294 e. The summed E-state index contributed by atoms with van der Waals surface area (Å²) in [4.78, 5) is 15.3. The van der Waals surface area contributed by atoms with Crippen LogP contribution in [-0.4, -0.2) is 15.8 Å². The van der Waals surface area contributed by atoms with Gasteiger partial charge in [0.1, 0.15) is 23.7 Å². The number of hydrogen-bond acceptors (Lipinski definition) is 5. The Kier molecular flexibility index (Phi) is 11.2. The Bertz CT molecular complexity index is 837. The maximum atomic E-state index is 10.7. The number of fused-ring (bicyclic) bond motifs is 1. The minimum atomic E-state index is -0.816. The molecular formula is C29H49NO5. The monoisotopic (exact) mass is 491 g/mol. The predicted molar refractivity (Wildman–Crippen MR) is 141 cm³/mol. The molecule has 0 fully saturated rings. The molecule has 0 saturated heterocycles. The molecule has 1 aliphatic heterocycles. The van der Waals surface area contributed by atoms with E-state index in [4.69, 9.17) is 4.74 Å². The predicted octanol–water partition coefficient (Wildman–Crippen LogP) is 8.24. The molecule has 200 valence electrons. The van der Waals surface area contributed by atoms with Crippen molar-refractivity contribution in [2.24, 2.45) is 17.8 Å². The zero-order chi connectivity index (χ0) is 26.2. The first kappa shape index (κ1) is 29.3. The van der Waals surface area contributed by atoms with E-state index in [1.807, 2.05) is 13.8 Å². The van der Waals surface area contributed by atoms with Crippen molar-refractivity contribution >= 4 is 0 Å². The number of ether oxygens (including phenoxy) is 1. The summed E-state index contributed by atoms with van der Waals surface area (Å²) in [6.45, 7) is 15.1. The van der Waals surface area contributed by atoms with Crippen LogP contribution in [0.15, 0.2) is 0 Å². The number of hydrogen-bond donors (Lipinski definition) is 1. The van der Waals surface area contributed by atoms with Gasteiger partial charge in [-0.2, -0.15) is 0 Å². The number of benzene rings is 1. The van der Waals surface area contributed by atoms with Gasteiger partial charge in [-0.15, -0.1) is 10.1 Å². The maximum Gasteiger partial charge on any atom is 0.294 e. The lowest BCUT2D eigenvalue weighted by Gasteiger charge is -2.38. The molecule has 0 aromatic heterocycles. The van der Waals surface area contributed by atoms with Crippen LogP contribution in [0.4, 0.5) is 0 Å². The molecule has 0 radical (unpaired) electrons. The topological polar surface area (TPSA) is 81.8 Å². The van der Waals surface area contributed by atoms with Crippen molar-refractivity contribution in [2.75, 3.05) is 0 Å². The molecule has 1 heterocycles. The second-order valence-electron chi connectivity index (χ2n) is 11.8. The summed E-state index contributed by atoms with van der Waals surface area (Å²) in [6.07, 6.45) is 12.9. The summed E-state index contributed by atoms with van der Waals surface area (Å²) in [5, 5.41) is 20.5. The second-order valence-corrected chi connectivity index (χ2v) is 11.8. The Morgan fingerprint density at radius 1 is 1.00 bits per heavy atom.